The number of nitrogens with one attached hydrogen (secondary N) is 2. The van der Waals surface area contributed by atoms with Gasteiger partial charge >= 0.3 is 6.03 Å². The van der Waals surface area contributed by atoms with E-state index in [4.69, 9.17) is 10.5 Å². The fraction of sp³-hybridized carbons (Fsp3) is 0.310. The van der Waals surface area contributed by atoms with Crippen LogP contribution < -0.4 is 21.1 Å². The number of rotatable bonds is 8. The normalized spacial score (nSPS) is 15.6. The molecule has 12 heteroatoms. The monoisotopic (exact) mass is 575 g/mol. The minimum atomic E-state index is -0.583. The van der Waals surface area contributed by atoms with E-state index in [1.54, 1.807) is 18.3 Å². The number of piperazine rings is 1. The second-order valence-corrected chi connectivity index (χ2v) is 11.2. The Kier molecular flexibility index (Phi) is 7.77. The lowest BCUT2D eigenvalue weighted by atomic mass is 10.2. The molecular formula is C29H30FN7O3S. The minimum absolute atomic E-state index is 0.00718. The number of thiophene rings is 1. The van der Waals surface area contributed by atoms with Crippen molar-refractivity contribution in [1.29, 1.82) is 0 Å². The second-order valence-electron chi connectivity index (χ2n) is 10.2. The Morgan fingerprint density at radius 2 is 1.88 bits per heavy atom. The standard InChI is InChI=1S/C29H30FN7O3S/c30-21-13-20(35-29(39)34-19-2-3-19)4-6-24(21)40-25-7-8-32-23-14-26(41-28(23)25)22-5-1-18(16-33-22)17-36-9-11-37(12-10-36)27(38)15-31/h1,4-8,13-14,16,19H,2-3,9-12,15,17,31H2,(H2,34,35,39). The molecule has 1 saturated carbocycles. The zero-order valence-corrected chi connectivity index (χ0v) is 23.1. The highest BCUT2D eigenvalue weighted by Gasteiger charge is 2.23. The third kappa shape index (κ3) is 6.45. The smallest absolute Gasteiger partial charge is 0.319 e. The van der Waals surface area contributed by atoms with E-state index >= 15 is 0 Å². The number of benzene rings is 1. The molecule has 4 heterocycles. The quantitative estimate of drug-likeness (QED) is 0.288. The largest absolute Gasteiger partial charge is 0.453 e. The highest BCUT2D eigenvalue weighted by Crippen LogP contribution is 2.39. The summed E-state index contributed by atoms with van der Waals surface area (Å²) in [7, 11) is 0. The van der Waals surface area contributed by atoms with Crippen molar-refractivity contribution in [2.45, 2.75) is 25.4 Å². The van der Waals surface area contributed by atoms with Crippen LogP contribution in [0.5, 0.6) is 11.5 Å². The van der Waals surface area contributed by atoms with Crippen LogP contribution in [-0.2, 0) is 11.3 Å². The molecule has 0 unspecified atom stereocenters. The SMILES string of the molecule is NCC(=O)N1CCN(Cc2ccc(-c3cc4nccc(Oc5ccc(NC(=O)NC6CC6)cc5F)c4s3)nc2)CC1. The number of carbonyl (C=O) groups excluding carboxylic acids is 2. The topological polar surface area (TPSA) is 126 Å². The number of hydrogen-bond donors (Lipinski definition) is 3. The molecule has 3 aromatic heterocycles. The van der Waals surface area contributed by atoms with E-state index in [9.17, 15) is 14.0 Å². The van der Waals surface area contributed by atoms with E-state index in [-0.39, 0.29) is 30.3 Å². The van der Waals surface area contributed by atoms with Crippen LogP contribution in [0.3, 0.4) is 0 Å². The highest BCUT2D eigenvalue weighted by molar-refractivity contribution is 7.22. The van der Waals surface area contributed by atoms with Crippen molar-refractivity contribution in [2.75, 3.05) is 38.0 Å². The first-order chi connectivity index (χ1) is 19.9. The second kappa shape index (κ2) is 11.8. The lowest BCUT2D eigenvalue weighted by molar-refractivity contribution is -0.131. The molecule has 1 aliphatic heterocycles. The van der Waals surface area contributed by atoms with Crippen LogP contribution in [0, 0.1) is 5.82 Å². The van der Waals surface area contributed by atoms with Crippen molar-refractivity contribution >= 4 is 39.2 Å². The van der Waals surface area contributed by atoms with E-state index in [0.29, 0.717) is 24.5 Å². The number of hydrogen-bond acceptors (Lipinski definition) is 8. The van der Waals surface area contributed by atoms with Gasteiger partial charge in [0.05, 0.1) is 27.3 Å². The molecule has 10 nitrogen and oxygen atoms in total. The number of carbonyl (C=O) groups is 2. The van der Waals surface area contributed by atoms with E-state index < -0.39 is 5.82 Å². The Labute approximate surface area is 240 Å². The predicted octanol–water partition coefficient (Wildman–Crippen LogP) is 4.18. The van der Waals surface area contributed by atoms with Crippen molar-refractivity contribution in [3.63, 3.8) is 0 Å². The summed E-state index contributed by atoms with van der Waals surface area (Å²) in [6, 6.07) is 11.9. The lowest BCUT2D eigenvalue weighted by Gasteiger charge is -2.34. The van der Waals surface area contributed by atoms with Gasteiger partial charge in [-0.25, -0.2) is 9.18 Å². The van der Waals surface area contributed by atoms with Gasteiger partial charge in [-0.3, -0.25) is 19.7 Å². The predicted molar refractivity (Wildman–Crippen MR) is 155 cm³/mol. The van der Waals surface area contributed by atoms with Crippen LogP contribution >= 0.6 is 11.3 Å². The minimum Gasteiger partial charge on any atom is -0.453 e. The molecule has 4 aromatic rings. The maximum Gasteiger partial charge on any atom is 0.319 e. The number of nitrogens with two attached hydrogens (primary N) is 1. The maximum atomic E-state index is 14.9. The third-order valence-corrected chi connectivity index (χ3v) is 8.24. The van der Waals surface area contributed by atoms with Crippen LogP contribution in [0.15, 0.2) is 54.9 Å². The summed E-state index contributed by atoms with van der Waals surface area (Å²) in [6.45, 7) is 3.78. The summed E-state index contributed by atoms with van der Waals surface area (Å²) < 4.78 is 21.6. The molecule has 1 aromatic carbocycles. The summed E-state index contributed by atoms with van der Waals surface area (Å²) in [6.07, 6.45) is 5.44. The zero-order chi connectivity index (χ0) is 28.3. The number of amides is 3. The number of nitrogens with zero attached hydrogens (tertiary/aromatic N) is 4. The summed E-state index contributed by atoms with van der Waals surface area (Å²) in [5, 5.41) is 5.46. The first kappa shape index (κ1) is 27.1. The molecular weight excluding hydrogens is 545 g/mol. The number of ether oxygens (including phenoxy) is 1. The average molecular weight is 576 g/mol. The van der Waals surface area contributed by atoms with Crippen molar-refractivity contribution in [2.24, 2.45) is 5.73 Å². The van der Waals surface area contributed by atoms with Crippen LogP contribution in [-0.4, -0.2) is 70.5 Å². The molecule has 0 radical (unpaired) electrons. The van der Waals surface area contributed by atoms with E-state index in [1.165, 1.54) is 23.5 Å². The summed E-state index contributed by atoms with van der Waals surface area (Å²) in [5.41, 5.74) is 8.46. The van der Waals surface area contributed by atoms with Crippen LogP contribution in [0.2, 0.25) is 0 Å². The van der Waals surface area contributed by atoms with Crippen LogP contribution in [0.25, 0.3) is 20.8 Å². The Hall–Kier alpha value is -4.13. The number of fused-ring (bicyclic) bond motifs is 1. The van der Waals surface area contributed by atoms with Gasteiger partial charge in [-0.2, -0.15) is 0 Å². The molecule has 1 saturated heterocycles. The van der Waals surface area contributed by atoms with Gasteiger partial charge in [0.2, 0.25) is 5.91 Å². The summed E-state index contributed by atoms with van der Waals surface area (Å²) in [4.78, 5) is 37.9. The molecule has 0 spiro atoms. The van der Waals surface area contributed by atoms with E-state index in [2.05, 4.69) is 31.6 Å². The van der Waals surface area contributed by atoms with Crippen molar-refractivity contribution in [3.05, 3.63) is 66.2 Å². The lowest BCUT2D eigenvalue weighted by Crippen LogP contribution is -2.49. The number of urea groups is 1. The molecule has 0 bridgehead atoms. The third-order valence-electron chi connectivity index (χ3n) is 7.08. The molecule has 3 amide bonds. The van der Waals surface area contributed by atoms with E-state index in [1.807, 2.05) is 23.2 Å². The molecule has 2 aliphatic rings. The Morgan fingerprint density at radius 3 is 2.59 bits per heavy atom. The van der Waals surface area contributed by atoms with Gasteiger partial charge in [-0.05, 0) is 42.7 Å². The van der Waals surface area contributed by atoms with Crippen LogP contribution in [0.4, 0.5) is 14.9 Å². The molecule has 6 rings (SSSR count). The fourth-order valence-corrected chi connectivity index (χ4v) is 5.73. The molecule has 4 N–H and O–H groups in total. The van der Waals surface area contributed by atoms with Gasteiger partial charge < -0.3 is 26.0 Å². The summed E-state index contributed by atoms with van der Waals surface area (Å²) >= 11 is 1.48. The number of pyridine rings is 2. The maximum absolute atomic E-state index is 14.9. The fourth-order valence-electron chi connectivity index (χ4n) is 4.69. The first-order valence-corrected chi connectivity index (χ1v) is 14.4. The van der Waals surface area contributed by atoms with Crippen molar-refractivity contribution < 1.29 is 18.7 Å². The zero-order valence-electron chi connectivity index (χ0n) is 22.3. The van der Waals surface area contributed by atoms with Gasteiger partial charge in [-0.15, -0.1) is 11.3 Å². The molecule has 212 valence electrons. The molecule has 1 aliphatic carbocycles. The van der Waals surface area contributed by atoms with Crippen molar-refractivity contribution in [3.8, 4) is 22.1 Å². The molecule has 2 fully saturated rings. The van der Waals surface area contributed by atoms with Gasteiger partial charge in [0, 0.05) is 69.0 Å². The van der Waals surface area contributed by atoms with Gasteiger partial charge in [0.15, 0.2) is 11.6 Å². The Balaban J connectivity index is 1.11. The van der Waals surface area contributed by atoms with Gasteiger partial charge in [0.25, 0.3) is 0 Å². The number of halogens is 1. The van der Waals surface area contributed by atoms with Crippen molar-refractivity contribution in [1.82, 2.24) is 25.1 Å². The number of aromatic nitrogens is 2. The molecule has 0 atom stereocenters. The average Bonchev–Trinajstić information content (AvgIpc) is 3.68. The van der Waals surface area contributed by atoms with Crippen LogP contribution in [0.1, 0.15) is 18.4 Å². The Bertz CT molecular complexity index is 1570. The van der Waals surface area contributed by atoms with E-state index in [0.717, 1.165) is 58.8 Å². The highest BCUT2D eigenvalue weighted by atomic mass is 32.1. The van der Waals surface area contributed by atoms with Gasteiger partial charge in [-0.1, -0.05) is 6.07 Å². The Morgan fingerprint density at radius 1 is 1.05 bits per heavy atom. The summed E-state index contributed by atoms with van der Waals surface area (Å²) in [5.74, 6) is -0.0506. The molecule has 41 heavy (non-hydrogen) atoms. The first-order valence-electron chi connectivity index (χ1n) is 13.5. The number of anilines is 1. The van der Waals surface area contributed by atoms with Gasteiger partial charge in [0.1, 0.15) is 5.75 Å².